The molecule has 0 radical (unpaired) electrons. The van der Waals surface area contributed by atoms with Crippen molar-refractivity contribution in [3.63, 3.8) is 0 Å². The van der Waals surface area contributed by atoms with E-state index in [1.165, 1.54) is 6.07 Å². The molecule has 0 unspecified atom stereocenters. The summed E-state index contributed by atoms with van der Waals surface area (Å²) in [6, 6.07) is 8.57. The molecule has 0 amide bonds. The highest BCUT2D eigenvalue weighted by Crippen LogP contribution is 2.39. The summed E-state index contributed by atoms with van der Waals surface area (Å²) in [5, 5.41) is 3.71. The van der Waals surface area contributed by atoms with Gasteiger partial charge in [0.25, 0.3) is 0 Å². The van der Waals surface area contributed by atoms with E-state index in [0.29, 0.717) is 35.2 Å². The third-order valence-corrected chi connectivity index (χ3v) is 3.91. The van der Waals surface area contributed by atoms with Crippen molar-refractivity contribution >= 4 is 27.5 Å². The first kappa shape index (κ1) is 14.6. The summed E-state index contributed by atoms with van der Waals surface area (Å²) >= 11 is 9.45. The number of rotatable bonds is 4. The highest BCUT2D eigenvalue weighted by Gasteiger charge is 2.18. The van der Waals surface area contributed by atoms with Gasteiger partial charge < -0.3 is 14.8 Å². The van der Waals surface area contributed by atoms with Crippen LogP contribution in [0.25, 0.3) is 0 Å². The molecule has 1 N–H and O–H groups in total. The molecule has 1 aliphatic heterocycles. The second kappa shape index (κ2) is 6.22. The summed E-state index contributed by atoms with van der Waals surface area (Å²) in [7, 11) is 0. The molecule has 0 saturated heterocycles. The molecule has 21 heavy (non-hydrogen) atoms. The molecule has 6 heteroatoms. The molecule has 0 bridgehead atoms. The van der Waals surface area contributed by atoms with E-state index < -0.39 is 0 Å². The summed E-state index contributed by atoms with van der Waals surface area (Å²) in [5.74, 6) is 1.00. The van der Waals surface area contributed by atoms with Gasteiger partial charge in [-0.1, -0.05) is 27.5 Å². The minimum Gasteiger partial charge on any atom is -0.454 e. The molecule has 1 aliphatic rings. The van der Waals surface area contributed by atoms with Gasteiger partial charge in [-0.05, 0) is 35.9 Å². The van der Waals surface area contributed by atoms with Crippen molar-refractivity contribution in [2.24, 2.45) is 0 Å². The van der Waals surface area contributed by atoms with Crippen LogP contribution in [0, 0.1) is 5.82 Å². The number of nitrogens with one attached hydrogen (secondary N) is 1. The third kappa shape index (κ3) is 3.31. The number of benzene rings is 2. The summed E-state index contributed by atoms with van der Waals surface area (Å²) in [6.45, 7) is 1.18. The van der Waals surface area contributed by atoms with Crippen LogP contribution in [0.4, 0.5) is 4.39 Å². The van der Waals surface area contributed by atoms with Crippen molar-refractivity contribution in [1.82, 2.24) is 5.32 Å². The quantitative estimate of drug-likeness (QED) is 0.870. The van der Waals surface area contributed by atoms with Gasteiger partial charge in [0.05, 0.1) is 5.02 Å². The average molecular weight is 373 g/mol. The van der Waals surface area contributed by atoms with Crippen LogP contribution < -0.4 is 14.8 Å². The van der Waals surface area contributed by atoms with Crippen molar-refractivity contribution in [2.45, 2.75) is 13.1 Å². The van der Waals surface area contributed by atoms with Gasteiger partial charge in [0.15, 0.2) is 11.5 Å². The molecule has 3 rings (SSSR count). The molecule has 0 aromatic heterocycles. The van der Waals surface area contributed by atoms with Gasteiger partial charge >= 0.3 is 0 Å². The maximum Gasteiger partial charge on any atom is 0.231 e. The monoisotopic (exact) mass is 371 g/mol. The Morgan fingerprint density at radius 1 is 1.19 bits per heavy atom. The number of ether oxygens (including phenoxy) is 2. The normalized spacial score (nSPS) is 12.7. The number of hydrogen-bond acceptors (Lipinski definition) is 3. The number of fused-ring (bicyclic) bond motifs is 1. The van der Waals surface area contributed by atoms with Crippen LogP contribution in [-0.2, 0) is 13.1 Å². The van der Waals surface area contributed by atoms with Gasteiger partial charge in [-0.3, -0.25) is 0 Å². The highest BCUT2D eigenvalue weighted by atomic mass is 79.9. The van der Waals surface area contributed by atoms with E-state index >= 15 is 0 Å². The van der Waals surface area contributed by atoms with Gasteiger partial charge in [-0.25, -0.2) is 4.39 Å². The van der Waals surface area contributed by atoms with Crippen LogP contribution in [0.2, 0.25) is 5.02 Å². The second-order valence-electron chi connectivity index (χ2n) is 4.65. The predicted molar refractivity (Wildman–Crippen MR) is 82.2 cm³/mol. The van der Waals surface area contributed by atoms with Crippen LogP contribution in [-0.4, -0.2) is 6.79 Å². The topological polar surface area (TPSA) is 30.5 Å². The molecular formula is C15H12BrClFNO2. The maximum absolute atomic E-state index is 13.6. The van der Waals surface area contributed by atoms with Crippen molar-refractivity contribution in [3.05, 3.63) is 56.8 Å². The number of hydrogen-bond donors (Lipinski definition) is 1. The molecule has 3 nitrogen and oxygen atoms in total. The molecule has 110 valence electrons. The van der Waals surface area contributed by atoms with E-state index in [9.17, 15) is 4.39 Å². The zero-order valence-corrected chi connectivity index (χ0v) is 13.3. The van der Waals surface area contributed by atoms with Gasteiger partial charge in [0.1, 0.15) is 5.82 Å². The molecule has 2 aromatic rings. The zero-order valence-electron chi connectivity index (χ0n) is 11.0. The largest absolute Gasteiger partial charge is 0.454 e. The van der Waals surface area contributed by atoms with Gasteiger partial charge in [0.2, 0.25) is 6.79 Å². The Kier molecular flexibility index (Phi) is 4.33. The Morgan fingerprint density at radius 2 is 2.05 bits per heavy atom. The first-order valence-electron chi connectivity index (χ1n) is 6.36. The van der Waals surface area contributed by atoms with Gasteiger partial charge in [0, 0.05) is 23.1 Å². The fourth-order valence-electron chi connectivity index (χ4n) is 2.14. The molecule has 0 saturated carbocycles. The van der Waals surface area contributed by atoms with Crippen LogP contribution in [0.1, 0.15) is 11.1 Å². The lowest BCUT2D eigenvalue weighted by Crippen LogP contribution is -2.13. The van der Waals surface area contributed by atoms with Crippen molar-refractivity contribution in [2.75, 3.05) is 6.79 Å². The molecule has 2 aromatic carbocycles. The Labute approximate surface area is 135 Å². The van der Waals surface area contributed by atoms with E-state index in [-0.39, 0.29) is 12.6 Å². The van der Waals surface area contributed by atoms with Crippen LogP contribution in [0.15, 0.2) is 34.8 Å². The van der Waals surface area contributed by atoms with E-state index in [1.54, 1.807) is 12.1 Å². The van der Waals surface area contributed by atoms with Crippen molar-refractivity contribution in [3.8, 4) is 11.5 Å². The van der Waals surface area contributed by atoms with Crippen molar-refractivity contribution < 1.29 is 13.9 Å². The third-order valence-electron chi connectivity index (χ3n) is 3.14. The lowest BCUT2D eigenvalue weighted by molar-refractivity contribution is 0.174. The fourth-order valence-corrected chi connectivity index (χ4v) is 2.84. The fraction of sp³-hybridized carbons (Fsp3) is 0.200. The molecule has 0 fully saturated rings. The SMILES string of the molecule is Fc1ccc(Br)cc1CNCc1cc(Cl)c2c(c1)OCO2. The Morgan fingerprint density at radius 3 is 2.90 bits per heavy atom. The number of halogens is 3. The Balaban J connectivity index is 1.66. The van der Waals surface area contributed by atoms with Gasteiger partial charge in [-0.15, -0.1) is 0 Å². The lowest BCUT2D eigenvalue weighted by Gasteiger charge is -2.08. The lowest BCUT2D eigenvalue weighted by atomic mass is 10.1. The van der Waals surface area contributed by atoms with Gasteiger partial charge in [-0.2, -0.15) is 0 Å². The van der Waals surface area contributed by atoms with Crippen LogP contribution in [0.5, 0.6) is 11.5 Å². The minimum atomic E-state index is -0.227. The van der Waals surface area contributed by atoms with Crippen LogP contribution >= 0.6 is 27.5 Å². The summed E-state index contributed by atoms with van der Waals surface area (Å²) in [5.41, 5.74) is 1.57. The predicted octanol–water partition coefficient (Wildman–Crippen LogP) is 4.26. The summed E-state index contributed by atoms with van der Waals surface area (Å²) in [4.78, 5) is 0. The molecule has 0 aliphatic carbocycles. The Hall–Kier alpha value is -1.30. The standard InChI is InChI=1S/C15H12BrClFNO2/c16-11-1-2-13(18)10(5-11)7-19-6-9-3-12(17)15-14(4-9)20-8-21-15/h1-5,19H,6-8H2. The molecule has 1 heterocycles. The molecule has 0 spiro atoms. The highest BCUT2D eigenvalue weighted by molar-refractivity contribution is 9.10. The summed E-state index contributed by atoms with van der Waals surface area (Å²) < 4.78 is 25.1. The van der Waals surface area contributed by atoms with Crippen LogP contribution in [0.3, 0.4) is 0 Å². The second-order valence-corrected chi connectivity index (χ2v) is 5.97. The van der Waals surface area contributed by atoms with E-state index in [2.05, 4.69) is 21.2 Å². The average Bonchev–Trinajstić information content (AvgIpc) is 2.91. The minimum absolute atomic E-state index is 0.190. The van der Waals surface area contributed by atoms with Crippen molar-refractivity contribution in [1.29, 1.82) is 0 Å². The van der Waals surface area contributed by atoms with E-state index in [0.717, 1.165) is 10.0 Å². The van der Waals surface area contributed by atoms with E-state index in [1.807, 2.05) is 12.1 Å². The molecule has 0 atom stereocenters. The summed E-state index contributed by atoms with van der Waals surface area (Å²) in [6.07, 6.45) is 0. The van der Waals surface area contributed by atoms with E-state index in [4.69, 9.17) is 21.1 Å². The Bertz CT molecular complexity index is 681. The zero-order chi connectivity index (χ0) is 14.8. The maximum atomic E-state index is 13.6. The first-order valence-corrected chi connectivity index (χ1v) is 7.53. The smallest absolute Gasteiger partial charge is 0.231 e. The molecular weight excluding hydrogens is 361 g/mol. The first-order chi connectivity index (χ1) is 10.1.